The van der Waals surface area contributed by atoms with Crippen molar-refractivity contribution >= 4 is 28.5 Å². The number of nitrogens with zero attached hydrogens (tertiary/aromatic N) is 4. The largest absolute Gasteiger partial charge is 0.484 e. The van der Waals surface area contributed by atoms with Gasteiger partial charge in [0.25, 0.3) is 0 Å². The van der Waals surface area contributed by atoms with Gasteiger partial charge in [0.15, 0.2) is 12.4 Å². The van der Waals surface area contributed by atoms with Crippen molar-refractivity contribution in [3.63, 3.8) is 0 Å². The average molecular weight is 376 g/mol. The van der Waals surface area contributed by atoms with Gasteiger partial charge < -0.3 is 15.4 Å². The number of alkyl halides is 3. The van der Waals surface area contributed by atoms with Gasteiger partial charge in [0, 0.05) is 17.8 Å². The summed E-state index contributed by atoms with van der Waals surface area (Å²) in [5.41, 5.74) is 1.58. The predicted molar refractivity (Wildman–Crippen MR) is 93.0 cm³/mol. The lowest BCUT2D eigenvalue weighted by Gasteiger charge is -2.12. The van der Waals surface area contributed by atoms with Crippen molar-refractivity contribution in [2.24, 2.45) is 0 Å². The van der Waals surface area contributed by atoms with Crippen LogP contribution in [0.4, 0.5) is 30.6 Å². The third kappa shape index (κ3) is 4.52. The number of halogens is 3. The molecule has 4 rings (SSSR count). The number of rotatable bonds is 6. The molecule has 10 heteroatoms. The van der Waals surface area contributed by atoms with Gasteiger partial charge in [0.2, 0.25) is 5.95 Å². The number of nitrogens with one attached hydrogen (secondary N) is 2. The second-order valence-electron chi connectivity index (χ2n) is 6.13. The Morgan fingerprint density at radius 1 is 1.15 bits per heavy atom. The topological polar surface area (TPSA) is 84.8 Å². The van der Waals surface area contributed by atoms with Gasteiger partial charge in [-0.1, -0.05) is 6.07 Å². The molecule has 2 N–H and O–H groups in total. The first-order valence-corrected chi connectivity index (χ1v) is 8.27. The second kappa shape index (κ2) is 6.86. The minimum atomic E-state index is -4.39. The van der Waals surface area contributed by atoms with E-state index < -0.39 is 12.8 Å². The van der Waals surface area contributed by atoms with E-state index in [1.807, 2.05) is 0 Å². The monoisotopic (exact) mass is 376 g/mol. The molecule has 0 bridgehead atoms. The molecule has 1 aromatic carbocycles. The molecule has 1 aliphatic rings. The molecule has 140 valence electrons. The van der Waals surface area contributed by atoms with E-state index in [1.165, 1.54) is 18.5 Å². The lowest BCUT2D eigenvalue weighted by Crippen LogP contribution is -2.19. The Morgan fingerprint density at radius 2 is 2.00 bits per heavy atom. The molecule has 0 saturated heterocycles. The maximum atomic E-state index is 12.3. The summed E-state index contributed by atoms with van der Waals surface area (Å²) in [5.74, 6) is 1.01. The lowest BCUT2D eigenvalue weighted by molar-refractivity contribution is -0.153. The zero-order valence-corrected chi connectivity index (χ0v) is 14.0. The van der Waals surface area contributed by atoms with Crippen molar-refractivity contribution in [2.45, 2.75) is 25.1 Å². The fraction of sp³-hybridized carbons (Fsp3) is 0.294. The molecule has 1 fully saturated rings. The number of aromatic nitrogens is 4. The third-order valence-corrected chi connectivity index (χ3v) is 3.79. The zero-order valence-electron chi connectivity index (χ0n) is 14.0. The van der Waals surface area contributed by atoms with Gasteiger partial charge in [-0.15, -0.1) is 0 Å². The van der Waals surface area contributed by atoms with E-state index in [0.717, 1.165) is 12.8 Å². The Labute approximate surface area is 152 Å². The molecule has 3 aromatic rings. The van der Waals surface area contributed by atoms with Crippen molar-refractivity contribution in [3.8, 4) is 5.75 Å². The fourth-order valence-corrected chi connectivity index (χ4v) is 2.39. The van der Waals surface area contributed by atoms with Crippen molar-refractivity contribution in [1.82, 2.24) is 19.9 Å². The molecule has 7 nitrogen and oxygen atoms in total. The highest BCUT2D eigenvalue weighted by Crippen LogP contribution is 2.27. The summed E-state index contributed by atoms with van der Waals surface area (Å²) in [6.07, 6.45) is 0.744. The SMILES string of the molecule is FC(F)(F)COc1cccc(Nc2ncnc3cnc(NC4CC4)nc23)c1. The normalized spacial score (nSPS) is 14.2. The summed E-state index contributed by atoms with van der Waals surface area (Å²) >= 11 is 0. The van der Waals surface area contributed by atoms with E-state index in [-0.39, 0.29) is 5.75 Å². The fourth-order valence-electron chi connectivity index (χ4n) is 2.39. The zero-order chi connectivity index (χ0) is 18.9. The van der Waals surface area contributed by atoms with E-state index in [1.54, 1.807) is 18.3 Å². The van der Waals surface area contributed by atoms with Crippen molar-refractivity contribution in [1.29, 1.82) is 0 Å². The minimum absolute atomic E-state index is 0.0985. The maximum Gasteiger partial charge on any atom is 0.422 e. The molecule has 27 heavy (non-hydrogen) atoms. The molecule has 2 heterocycles. The summed E-state index contributed by atoms with van der Waals surface area (Å²) in [5, 5.41) is 6.26. The summed E-state index contributed by atoms with van der Waals surface area (Å²) in [4.78, 5) is 17.0. The third-order valence-electron chi connectivity index (χ3n) is 3.79. The van der Waals surface area contributed by atoms with Gasteiger partial charge >= 0.3 is 6.18 Å². The Morgan fingerprint density at radius 3 is 2.78 bits per heavy atom. The highest BCUT2D eigenvalue weighted by molar-refractivity contribution is 5.87. The molecule has 2 aromatic heterocycles. The molecular formula is C17H15F3N6O. The van der Waals surface area contributed by atoms with Gasteiger partial charge in [-0.3, -0.25) is 0 Å². The van der Waals surface area contributed by atoms with Crippen LogP contribution in [0.15, 0.2) is 36.8 Å². The summed E-state index contributed by atoms with van der Waals surface area (Å²) in [6, 6.07) is 6.59. The highest BCUT2D eigenvalue weighted by atomic mass is 19.4. The van der Waals surface area contributed by atoms with Gasteiger partial charge in [-0.05, 0) is 25.0 Å². The Hall–Kier alpha value is -3.17. The number of fused-ring (bicyclic) bond motifs is 1. The molecule has 0 atom stereocenters. The van der Waals surface area contributed by atoms with E-state index in [9.17, 15) is 13.2 Å². The van der Waals surface area contributed by atoms with Crippen LogP contribution in [0.1, 0.15) is 12.8 Å². The van der Waals surface area contributed by atoms with E-state index in [0.29, 0.717) is 34.5 Å². The number of hydrogen-bond acceptors (Lipinski definition) is 7. The molecule has 0 unspecified atom stereocenters. The molecule has 0 amide bonds. The van der Waals surface area contributed by atoms with Crippen LogP contribution in [0, 0.1) is 0 Å². The Balaban J connectivity index is 1.57. The van der Waals surface area contributed by atoms with Crippen molar-refractivity contribution in [3.05, 3.63) is 36.8 Å². The number of benzene rings is 1. The van der Waals surface area contributed by atoms with E-state index >= 15 is 0 Å². The van der Waals surface area contributed by atoms with Gasteiger partial charge in [0.05, 0.1) is 6.20 Å². The van der Waals surface area contributed by atoms with E-state index in [4.69, 9.17) is 4.74 Å². The Kier molecular flexibility index (Phi) is 4.38. The van der Waals surface area contributed by atoms with Crippen LogP contribution in [-0.4, -0.2) is 38.8 Å². The standard InChI is InChI=1S/C17H15F3N6O/c18-17(19,20)8-27-12-3-1-2-11(6-12)24-15-14-13(22-9-23-15)7-21-16(26-14)25-10-4-5-10/h1-3,6-7,9-10H,4-5,8H2,(H,21,25,26)(H,22,23,24). The average Bonchev–Trinajstić information content (AvgIpc) is 3.44. The predicted octanol–water partition coefficient (Wildman–Crippen LogP) is 3.68. The number of anilines is 3. The number of hydrogen-bond donors (Lipinski definition) is 2. The van der Waals surface area contributed by atoms with Gasteiger partial charge in [-0.25, -0.2) is 19.9 Å². The van der Waals surface area contributed by atoms with Gasteiger partial charge in [0.1, 0.15) is 23.1 Å². The molecular weight excluding hydrogens is 361 g/mol. The summed E-state index contributed by atoms with van der Waals surface area (Å²) < 4.78 is 41.7. The second-order valence-corrected chi connectivity index (χ2v) is 6.13. The van der Waals surface area contributed by atoms with Crippen LogP contribution in [0.5, 0.6) is 5.75 Å². The van der Waals surface area contributed by atoms with Gasteiger partial charge in [-0.2, -0.15) is 13.2 Å². The van der Waals surface area contributed by atoms with Crippen LogP contribution in [0.3, 0.4) is 0 Å². The smallest absolute Gasteiger partial charge is 0.422 e. The minimum Gasteiger partial charge on any atom is -0.484 e. The quantitative estimate of drug-likeness (QED) is 0.679. The summed E-state index contributed by atoms with van der Waals surface area (Å²) in [7, 11) is 0. The van der Waals surface area contributed by atoms with Crippen LogP contribution < -0.4 is 15.4 Å². The highest BCUT2D eigenvalue weighted by Gasteiger charge is 2.28. The van der Waals surface area contributed by atoms with Crippen molar-refractivity contribution in [2.75, 3.05) is 17.2 Å². The summed E-state index contributed by atoms with van der Waals surface area (Å²) in [6.45, 7) is -1.35. The number of ether oxygens (including phenoxy) is 1. The van der Waals surface area contributed by atoms with Crippen LogP contribution >= 0.6 is 0 Å². The van der Waals surface area contributed by atoms with Crippen LogP contribution in [0.25, 0.3) is 11.0 Å². The maximum absolute atomic E-state index is 12.3. The molecule has 0 spiro atoms. The van der Waals surface area contributed by atoms with E-state index in [2.05, 4.69) is 30.6 Å². The first-order chi connectivity index (χ1) is 13.0. The van der Waals surface area contributed by atoms with Crippen molar-refractivity contribution < 1.29 is 17.9 Å². The first-order valence-electron chi connectivity index (χ1n) is 8.27. The molecule has 1 aliphatic carbocycles. The lowest BCUT2D eigenvalue weighted by atomic mass is 10.3. The molecule has 0 radical (unpaired) electrons. The molecule has 0 aliphatic heterocycles. The molecule has 1 saturated carbocycles. The van der Waals surface area contributed by atoms with Crippen LogP contribution in [-0.2, 0) is 0 Å². The Bertz CT molecular complexity index is 961. The van der Waals surface area contributed by atoms with Crippen LogP contribution in [0.2, 0.25) is 0 Å². The first kappa shape index (κ1) is 17.3.